The van der Waals surface area contributed by atoms with E-state index in [1.807, 2.05) is 30.3 Å². The van der Waals surface area contributed by atoms with Gasteiger partial charge in [0.2, 0.25) is 5.88 Å². The number of allylic oxidation sites excluding steroid dienone is 1. The molecule has 0 aliphatic rings. The minimum absolute atomic E-state index is 0.131. The molecule has 1 N–H and O–H groups in total. The van der Waals surface area contributed by atoms with Gasteiger partial charge < -0.3 is 10.1 Å². The molecule has 0 unspecified atom stereocenters. The zero-order valence-electron chi connectivity index (χ0n) is 12.0. The van der Waals surface area contributed by atoms with E-state index >= 15 is 0 Å². The van der Waals surface area contributed by atoms with Gasteiger partial charge in [0, 0.05) is 12.6 Å². The van der Waals surface area contributed by atoms with Crippen molar-refractivity contribution in [2.24, 2.45) is 0 Å². The Balaban J connectivity index is 1.89. The number of ketones is 1. The molecule has 0 saturated heterocycles. The summed E-state index contributed by atoms with van der Waals surface area (Å²) in [4.78, 5) is 27.1. The third-order valence-corrected chi connectivity index (χ3v) is 2.84. The highest BCUT2D eigenvalue weighted by molar-refractivity contribution is 5.90. The van der Waals surface area contributed by atoms with Gasteiger partial charge in [-0.15, -0.1) is 0 Å². The van der Waals surface area contributed by atoms with Crippen LogP contribution in [0.3, 0.4) is 0 Å². The van der Waals surface area contributed by atoms with Crippen molar-refractivity contribution in [2.75, 3.05) is 0 Å². The Bertz CT molecular complexity index is 669. The van der Waals surface area contributed by atoms with Crippen LogP contribution >= 0.6 is 0 Å². The number of hydrogen-bond donors (Lipinski definition) is 1. The molecule has 1 heterocycles. The highest BCUT2D eigenvalue weighted by Crippen LogP contribution is 2.09. The number of carbonyl (C=O) groups excluding carboxylic acids is 2. The molecule has 5 heteroatoms. The molecule has 2 rings (SSSR count). The van der Waals surface area contributed by atoms with Gasteiger partial charge >= 0.3 is 6.09 Å². The second kappa shape index (κ2) is 7.73. The van der Waals surface area contributed by atoms with Gasteiger partial charge in [0.25, 0.3) is 0 Å². The molecule has 0 saturated carbocycles. The smallest absolute Gasteiger partial charge is 0.391 e. The van der Waals surface area contributed by atoms with E-state index in [9.17, 15) is 9.59 Å². The number of pyridine rings is 1. The third kappa shape index (κ3) is 4.86. The largest absolute Gasteiger partial charge is 0.414 e. The Morgan fingerprint density at radius 3 is 2.64 bits per heavy atom. The highest BCUT2D eigenvalue weighted by atomic mass is 16.6. The first kappa shape index (κ1) is 15.4. The van der Waals surface area contributed by atoms with Crippen LogP contribution in [0.4, 0.5) is 4.79 Å². The molecule has 112 valence electrons. The van der Waals surface area contributed by atoms with E-state index in [0.29, 0.717) is 12.2 Å². The van der Waals surface area contributed by atoms with Gasteiger partial charge in [-0.3, -0.25) is 4.79 Å². The van der Waals surface area contributed by atoms with Crippen molar-refractivity contribution >= 4 is 11.9 Å². The van der Waals surface area contributed by atoms with E-state index in [1.54, 1.807) is 18.2 Å². The number of benzene rings is 1. The molecule has 2 aromatic rings. The lowest BCUT2D eigenvalue weighted by Crippen LogP contribution is -2.26. The molecule has 0 radical (unpaired) electrons. The second-order valence-electron chi connectivity index (χ2n) is 4.54. The van der Waals surface area contributed by atoms with Gasteiger partial charge in [0.1, 0.15) is 0 Å². The molecular formula is C17H16N2O3. The molecule has 5 nitrogen and oxygen atoms in total. The molecule has 22 heavy (non-hydrogen) atoms. The van der Waals surface area contributed by atoms with Gasteiger partial charge in [-0.25, -0.2) is 9.78 Å². The molecule has 1 aromatic carbocycles. The van der Waals surface area contributed by atoms with Crippen molar-refractivity contribution in [2.45, 2.75) is 13.0 Å². The number of ether oxygens (including phenoxy) is 1. The number of carbonyl (C=O) groups is 2. The minimum atomic E-state index is -0.594. The van der Waals surface area contributed by atoms with Crippen LogP contribution in [0.15, 0.2) is 61.2 Å². The average Bonchev–Trinajstić information content (AvgIpc) is 2.54. The lowest BCUT2D eigenvalue weighted by atomic mass is 10.2. The normalized spacial score (nSPS) is 9.82. The summed E-state index contributed by atoms with van der Waals surface area (Å²) < 4.78 is 5.09. The summed E-state index contributed by atoms with van der Waals surface area (Å²) in [7, 11) is 0. The molecule has 1 amide bonds. The van der Waals surface area contributed by atoms with Crippen molar-refractivity contribution in [3.63, 3.8) is 0 Å². The number of nitrogens with zero attached hydrogens (tertiary/aromatic N) is 1. The van der Waals surface area contributed by atoms with Crippen LogP contribution in [-0.2, 0) is 17.8 Å². The Morgan fingerprint density at radius 2 is 1.91 bits per heavy atom. The van der Waals surface area contributed by atoms with Crippen LogP contribution in [0.1, 0.15) is 11.3 Å². The highest BCUT2D eigenvalue weighted by Gasteiger charge is 2.07. The topological polar surface area (TPSA) is 68.3 Å². The number of aromatic nitrogens is 1. The molecule has 0 spiro atoms. The number of rotatable bonds is 6. The van der Waals surface area contributed by atoms with Crippen LogP contribution < -0.4 is 10.1 Å². The first-order valence-electron chi connectivity index (χ1n) is 6.78. The summed E-state index contributed by atoms with van der Waals surface area (Å²) in [6, 6.07) is 14.4. The lowest BCUT2D eigenvalue weighted by molar-refractivity contribution is -0.114. The van der Waals surface area contributed by atoms with Crippen LogP contribution in [0, 0.1) is 0 Å². The monoisotopic (exact) mass is 296 g/mol. The van der Waals surface area contributed by atoms with Crippen molar-refractivity contribution in [3.05, 3.63) is 72.4 Å². The molecule has 0 fully saturated rings. The zero-order valence-corrected chi connectivity index (χ0v) is 12.0. The van der Waals surface area contributed by atoms with Crippen LogP contribution in [0.25, 0.3) is 0 Å². The molecule has 0 atom stereocenters. The van der Waals surface area contributed by atoms with E-state index in [1.165, 1.54) is 6.08 Å². The summed E-state index contributed by atoms with van der Waals surface area (Å²) in [5.41, 5.74) is 1.50. The summed E-state index contributed by atoms with van der Waals surface area (Å²) in [6.07, 6.45) is 0.775. The van der Waals surface area contributed by atoms with E-state index in [0.717, 1.165) is 5.56 Å². The van der Waals surface area contributed by atoms with E-state index in [2.05, 4.69) is 16.9 Å². The van der Waals surface area contributed by atoms with Crippen molar-refractivity contribution in [3.8, 4) is 5.88 Å². The van der Waals surface area contributed by atoms with Crippen molar-refractivity contribution in [1.29, 1.82) is 0 Å². The Hall–Kier alpha value is -2.95. The van der Waals surface area contributed by atoms with Gasteiger partial charge in [-0.1, -0.05) is 43.0 Å². The van der Waals surface area contributed by atoms with Crippen LogP contribution in [0.2, 0.25) is 0 Å². The predicted octanol–water partition coefficient (Wildman–Crippen LogP) is 2.67. The minimum Gasteiger partial charge on any atom is -0.391 e. The Kier molecular flexibility index (Phi) is 5.43. The van der Waals surface area contributed by atoms with E-state index in [-0.39, 0.29) is 18.1 Å². The fraction of sp³-hybridized carbons (Fsp3) is 0.118. The summed E-state index contributed by atoms with van der Waals surface area (Å²) in [5, 5.41) is 2.63. The molecule has 0 aliphatic heterocycles. The fourth-order valence-corrected chi connectivity index (χ4v) is 1.76. The quantitative estimate of drug-likeness (QED) is 0.832. The van der Waals surface area contributed by atoms with Gasteiger partial charge in [0.15, 0.2) is 5.78 Å². The Morgan fingerprint density at radius 1 is 1.14 bits per heavy atom. The summed E-state index contributed by atoms with van der Waals surface area (Å²) in [6.45, 7) is 3.78. The maximum absolute atomic E-state index is 11.7. The number of hydrogen-bond acceptors (Lipinski definition) is 4. The van der Waals surface area contributed by atoms with E-state index in [4.69, 9.17) is 4.74 Å². The predicted molar refractivity (Wildman–Crippen MR) is 82.5 cm³/mol. The SMILES string of the molecule is C=CC(=O)Cc1cccc(OC(=O)NCc2ccccc2)n1. The fourth-order valence-electron chi connectivity index (χ4n) is 1.76. The van der Waals surface area contributed by atoms with E-state index < -0.39 is 6.09 Å². The maximum Gasteiger partial charge on any atom is 0.414 e. The first-order valence-corrected chi connectivity index (χ1v) is 6.78. The van der Waals surface area contributed by atoms with Crippen LogP contribution in [0.5, 0.6) is 5.88 Å². The maximum atomic E-state index is 11.7. The summed E-state index contributed by atoms with van der Waals surface area (Å²) in [5.74, 6) is 0.0121. The summed E-state index contributed by atoms with van der Waals surface area (Å²) >= 11 is 0. The van der Waals surface area contributed by atoms with Crippen molar-refractivity contribution in [1.82, 2.24) is 10.3 Å². The second-order valence-corrected chi connectivity index (χ2v) is 4.54. The molecule has 0 bridgehead atoms. The van der Waals surface area contributed by atoms with Crippen LogP contribution in [-0.4, -0.2) is 16.9 Å². The Labute approximate surface area is 128 Å². The molecule has 1 aromatic heterocycles. The lowest BCUT2D eigenvalue weighted by Gasteiger charge is -2.07. The first-order chi connectivity index (χ1) is 10.7. The number of amides is 1. The third-order valence-electron chi connectivity index (χ3n) is 2.84. The zero-order chi connectivity index (χ0) is 15.8. The van der Waals surface area contributed by atoms with Gasteiger partial charge in [0.05, 0.1) is 12.1 Å². The molecule has 0 aliphatic carbocycles. The van der Waals surface area contributed by atoms with Gasteiger partial charge in [-0.05, 0) is 17.7 Å². The average molecular weight is 296 g/mol. The standard InChI is InChI=1S/C17H16N2O3/c1-2-15(20)11-14-9-6-10-16(19-14)22-17(21)18-12-13-7-4-3-5-8-13/h2-10H,1,11-12H2,(H,18,21). The van der Waals surface area contributed by atoms with Gasteiger partial charge in [-0.2, -0.15) is 0 Å². The van der Waals surface area contributed by atoms with Crippen molar-refractivity contribution < 1.29 is 14.3 Å². The number of nitrogens with one attached hydrogen (secondary N) is 1. The molecular weight excluding hydrogens is 280 g/mol.